The largest absolute Gasteiger partial charge is 0.378 e. The van der Waals surface area contributed by atoms with Crippen molar-refractivity contribution in [3.8, 4) is 11.1 Å². The minimum absolute atomic E-state index is 0.216. The average Bonchev–Trinajstić information content (AvgIpc) is 3.25. The third-order valence-electron chi connectivity index (χ3n) is 6.29. The van der Waals surface area contributed by atoms with E-state index in [1.165, 1.54) is 6.07 Å². The Hall–Kier alpha value is -2.67. The highest BCUT2D eigenvalue weighted by atomic mass is 19.1. The second-order valence-electron chi connectivity index (χ2n) is 8.54. The van der Waals surface area contributed by atoms with E-state index in [-0.39, 0.29) is 11.7 Å². The molecule has 166 valence electrons. The Morgan fingerprint density at radius 2 is 1.97 bits per heavy atom. The normalized spacial score (nSPS) is 19.0. The van der Waals surface area contributed by atoms with Gasteiger partial charge in [-0.15, -0.1) is 0 Å². The van der Waals surface area contributed by atoms with Gasteiger partial charge in [-0.2, -0.15) is 0 Å². The van der Waals surface area contributed by atoms with Crippen LogP contribution in [0.1, 0.15) is 31.0 Å². The fraction of sp³-hybridized carbons (Fsp3) is 0.500. The summed E-state index contributed by atoms with van der Waals surface area (Å²) < 4.78 is 20.2. The molecule has 6 nitrogen and oxygen atoms in total. The summed E-state index contributed by atoms with van der Waals surface area (Å²) in [6.45, 7) is 10.4. The molecule has 0 spiro atoms. The van der Waals surface area contributed by atoms with Gasteiger partial charge >= 0.3 is 6.03 Å². The predicted molar refractivity (Wildman–Crippen MR) is 121 cm³/mol. The van der Waals surface area contributed by atoms with E-state index < -0.39 is 5.82 Å². The van der Waals surface area contributed by atoms with Gasteiger partial charge in [0.15, 0.2) is 0 Å². The molecule has 2 amide bonds. The quantitative estimate of drug-likeness (QED) is 0.776. The Morgan fingerprint density at radius 3 is 2.68 bits per heavy atom. The molecule has 31 heavy (non-hydrogen) atoms. The molecule has 7 heteroatoms. The van der Waals surface area contributed by atoms with Crippen LogP contribution in [0.2, 0.25) is 0 Å². The molecule has 0 radical (unpaired) electrons. The van der Waals surface area contributed by atoms with Crippen molar-refractivity contribution < 1.29 is 13.9 Å². The van der Waals surface area contributed by atoms with Crippen LogP contribution in [-0.2, 0) is 4.74 Å². The number of hydrogen-bond donors (Lipinski definition) is 1. The van der Waals surface area contributed by atoms with Crippen LogP contribution in [-0.4, -0.2) is 55.3 Å². The van der Waals surface area contributed by atoms with Gasteiger partial charge < -0.3 is 19.9 Å². The molecule has 2 saturated heterocycles. The number of aryl methyl sites for hydroxylation is 2. The lowest BCUT2D eigenvalue weighted by Gasteiger charge is -2.28. The van der Waals surface area contributed by atoms with E-state index in [2.05, 4.69) is 22.1 Å². The number of ether oxygens (including phenoxy) is 1. The third kappa shape index (κ3) is 4.82. The molecule has 2 aliphatic rings. The van der Waals surface area contributed by atoms with Gasteiger partial charge in [-0.25, -0.2) is 14.2 Å². The zero-order valence-corrected chi connectivity index (χ0v) is 18.6. The van der Waals surface area contributed by atoms with Gasteiger partial charge in [0.2, 0.25) is 0 Å². The maximum Gasteiger partial charge on any atom is 0.321 e. The third-order valence-corrected chi connectivity index (χ3v) is 6.29. The van der Waals surface area contributed by atoms with Crippen LogP contribution in [0.4, 0.5) is 20.7 Å². The summed E-state index contributed by atoms with van der Waals surface area (Å²) in [5.41, 5.74) is 3.80. The highest BCUT2D eigenvalue weighted by molar-refractivity contribution is 5.91. The van der Waals surface area contributed by atoms with Crippen LogP contribution in [0.5, 0.6) is 0 Å². The minimum Gasteiger partial charge on any atom is -0.378 e. The van der Waals surface area contributed by atoms with E-state index in [1.807, 2.05) is 26.0 Å². The number of morpholine rings is 1. The molecule has 1 atom stereocenters. The Morgan fingerprint density at radius 1 is 1.19 bits per heavy atom. The summed E-state index contributed by atoms with van der Waals surface area (Å²) in [6, 6.07) is 7.05. The molecule has 2 fully saturated rings. The maximum absolute atomic E-state index is 14.7. The summed E-state index contributed by atoms with van der Waals surface area (Å²) in [4.78, 5) is 21.4. The maximum atomic E-state index is 14.7. The molecular formula is C24H31FN4O2. The van der Waals surface area contributed by atoms with Crippen molar-refractivity contribution in [3.63, 3.8) is 0 Å². The van der Waals surface area contributed by atoms with Gasteiger partial charge in [-0.3, -0.25) is 0 Å². The predicted octanol–water partition coefficient (Wildman–Crippen LogP) is 4.60. The summed E-state index contributed by atoms with van der Waals surface area (Å²) >= 11 is 0. The van der Waals surface area contributed by atoms with Crippen LogP contribution in [0.3, 0.4) is 0 Å². The molecule has 1 aromatic carbocycles. The van der Waals surface area contributed by atoms with Gasteiger partial charge in [0.05, 0.1) is 18.9 Å². The Kier molecular flexibility index (Phi) is 6.41. The highest BCUT2D eigenvalue weighted by Crippen LogP contribution is 2.32. The molecule has 1 N–H and O–H groups in total. The Labute approximate surface area is 183 Å². The average molecular weight is 427 g/mol. The van der Waals surface area contributed by atoms with Crippen molar-refractivity contribution in [3.05, 3.63) is 41.3 Å². The molecule has 3 heterocycles. The number of rotatable bonds is 4. The van der Waals surface area contributed by atoms with E-state index in [1.54, 1.807) is 11.0 Å². The number of benzene rings is 1. The molecule has 4 rings (SSSR count). The number of pyridine rings is 1. The number of nitrogens with one attached hydrogen (secondary N) is 1. The Balaban J connectivity index is 1.60. The van der Waals surface area contributed by atoms with E-state index in [4.69, 9.17) is 4.74 Å². The van der Waals surface area contributed by atoms with Gasteiger partial charge in [0.1, 0.15) is 11.6 Å². The second-order valence-corrected chi connectivity index (χ2v) is 8.54. The number of amides is 2. The lowest BCUT2D eigenvalue weighted by Crippen LogP contribution is -2.36. The fourth-order valence-electron chi connectivity index (χ4n) is 4.39. The first-order valence-electron chi connectivity index (χ1n) is 11.1. The standard InChI is InChI=1S/C24H31FN4O2/c1-4-18-5-6-29(15-18)24(30)27-22-14-20(16(2)11-21(22)25)19-12-17(3)26-23(13-19)28-7-9-31-10-8-28/h11-14,18H,4-10,15H2,1-3H3,(H,27,30)/t18-/m1/s1. The lowest BCUT2D eigenvalue weighted by atomic mass is 9.99. The van der Waals surface area contributed by atoms with Crippen molar-refractivity contribution in [1.29, 1.82) is 0 Å². The number of aromatic nitrogens is 1. The van der Waals surface area contributed by atoms with Gasteiger partial charge in [-0.05, 0) is 67.1 Å². The number of carbonyl (C=O) groups excluding carboxylic acids is 1. The summed E-state index contributed by atoms with van der Waals surface area (Å²) in [7, 11) is 0. The van der Waals surface area contributed by atoms with Crippen LogP contribution in [0.25, 0.3) is 11.1 Å². The zero-order chi connectivity index (χ0) is 22.0. The first kappa shape index (κ1) is 21.6. The first-order valence-corrected chi connectivity index (χ1v) is 11.1. The monoisotopic (exact) mass is 426 g/mol. The van der Waals surface area contributed by atoms with E-state index in [0.717, 1.165) is 67.2 Å². The summed E-state index contributed by atoms with van der Waals surface area (Å²) in [5.74, 6) is 1.01. The Bertz CT molecular complexity index is 959. The molecule has 0 bridgehead atoms. The summed E-state index contributed by atoms with van der Waals surface area (Å²) in [6.07, 6.45) is 2.06. The molecular weight excluding hydrogens is 395 g/mol. The summed E-state index contributed by atoms with van der Waals surface area (Å²) in [5, 5.41) is 2.80. The van der Waals surface area contributed by atoms with Crippen molar-refractivity contribution in [2.75, 3.05) is 49.6 Å². The topological polar surface area (TPSA) is 57.7 Å². The van der Waals surface area contributed by atoms with Crippen molar-refractivity contribution >= 4 is 17.5 Å². The van der Waals surface area contributed by atoms with Crippen LogP contribution < -0.4 is 10.2 Å². The van der Waals surface area contributed by atoms with Gasteiger partial charge in [0, 0.05) is 31.9 Å². The van der Waals surface area contributed by atoms with Crippen LogP contribution >= 0.6 is 0 Å². The number of carbonyl (C=O) groups is 1. The number of anilines is 2. The number of halogens is 1. The molecule has 2 aliphatic heterocycles. The molecule has 2 aromatic rings. The first-order chi connectivity index (χ1) is 14.9. The van der Waals surface area contributed by atoms with Crippen LogP contribution in [0, 0.1) is 25.6 Å². The fourth-order valence-corrected chi connectivity index (χ4v) is 4.39. The highest BCUT2D eigenvalue weighted by Gasteiger charge is 2.26. The van der Waals surface area contributed by atoms with E-state index in [9.17, 15) is 9.18 Å². The number of urea groups is 1. The number of nitrogens with zero attached hydrogens (tertiary/aromatic N) is 3. The molecule has 0 unspecified atom stereocenters. The second kappa shape index (κ2) is 9.22. The van der Waals surface area contributed by atoms with Crippen molar-refractivity contribution in [1.82, 2.24) is 9.88 Å². The van der Waals surface area contributed by atoms with Crippen molar-refractivity contribution in [2.24, 2.45) is 5.92 Å². The zero-order valence-electron chi connectivity index (χ0n) is 18.6. The SMILES string of the molecule is CC[C@@H]1CCN(C(=O)Nc2cc(-c3cc(C)nc(N4CCOCC4)c3)c(C)cc2F)C1. The van der Waals surface area contributed by atoms with Gasteiger partial charge in [-0.1, -0.05) is 13.3 Å². The van der Waals surface area contributed by atoms with Crippen LogP contribution in [0.15, 0.2) is 24.3 Å². The van der Waals surface area contributed by atoms with Gasteiger partial charge in [0.25, 0.3) is 0 Å². The van der Waals surface area contributed by atoms with E-state index >= 15 is 0 Å². The number of likely N-dealkylation sites (tertiary alicyclic amines) is 1. The lowest BCUT2D eigenvalue weighted by molar-refractivity contribution is 0.122. The molecule has 0 aliphatic carbocycles. The number of hydrogen-bond acceptors (Lipinski definition) is 4. The van der Waals surface area contributed by atoms with E-state index in [0.29, 0.717) is 19.1 Å². The minimum atomic E-state index is -0.417. The smallest absolute Gasteiger partial charge is 0.321 e. The van der Waals surface area contributed by atoms with Crippen molar-refractivity contribution in [2.45, 2.75) is 33.6 Å². The molecule has 1 aromatic heterocycles. The molecule has 0 saturated carbocycles.